The number of amides is 1. The molecule has 1 aromatic carbocycles. The third-order valence-corrected chi connectivity index (χ3v) is 6.16. The third-order valence-electron chi connectivity index (χ3n) is 6.16. The van der Waals surface area contributed by atoms with Gasteiger partial charge in [0.05, 0.1) is 6.10 Å². The molecule has 28 heavy (non-hydrogen) atoms. The quantitative estimate of drug-likeness (QED) is 0.732. The van der Waals surface area contributed by atoms with Crippen LogP contribution >= 0.6 is 0 Å². The van der Waals surface area contributed by atoms with E-state index in [1.807, 2.05) is 17.0 Å². The molecule has 0 saturated carbocycles. The minimum atomic E-state index is -0.356. The number of Topliss-reactive ketones (excluding diaryl/α,β-unsaturated/α-hetero) is 1. The summed E-state index contributed by atoms with van der Waals surface area (Å²) in [4.78, 5) is 29.4. The van der Waals surface area contributed by atoms with Gasteiger partial charge in [0.25, 0.3) is 0 Å². The zero-order valence-electron chi connectivity index (χ0n) is 17.3. The van der Waals surface area contributed by atoms with E-state index in [9.17, 15) is 14.7 Å². The first-order valence-corrected chi connectivity index (χ1v) is 10.8. The molecule has 2 aliphatic rings. The second kappa shape index (κ2) is 9.66. The Morgan fingerprint density at radius 1 is 1.14 bits per heavy atom. The van der Waals surface area contributed by atoms with Crippen LogP contribution in [-0.4, -0.2) is 64.9 Å². The molecular weight excluding hydrogens is 352 g/mol. The molecule has 1 amide bonds. The second-order valence-corrected chi connectivity index (χ2v) is 8.36. The molecule has 0 bridgehead atoms. The van der Waals surface area contributed by atoms with E-state index in [1.165, 1.54) is 24.0 Å². The summed E-state index contributed by atoms with van der Waals surface area (Å²) in [6.07, 6.45) is 5.76. The standard InChI is InChI=1S/C23H34N2O3/c1-3-21-16-25(13-12-24(21)15-17(2)26)23(28)11-10-22(27)20-9-8-18-6-4-5-7-19(18)14-20/h8-9,14,17,21,26H,3-7,10-13,15-16H2,1-2H3/t17-,21+/m1/s1. The van der Waals surface area contributed by atoms with Gasteiger partial charge < -0.3 is 10.0 Å². The molecule has 154 valence electrons. The number of nitrogens with zero attached hydrogens (tertiary/aromatic N) is 2. The molecule has 0 radical (unpaired) electrons. The number of ketones is 1. The molecular formula is C23H34N2O3. The molecule has 1 fully saturated rings. The molecule has 1 aliphatic carbocycles. The topological polar surface area (TPSA) is 60.9 Å². The number of β-amino-alcohol motifs (C(OH)–C–C–N with tert-alkyl or cyclic N) is 1. The third kappa shape index (κ3) is 5.21. The maximum absolute atomic E-state index is 12.7. The summed E-state index contributed by atoms with van der Waals surface area (Å²) >= 11 is 0. The minimum absolute atomic E-state index is 0.0708. The van der Waals surface area contributed by atoms with Crippen molar-refractivity contribution in [3.05, 3.63) is 34.9 Å². The molecule has 1 N–H and O–H groups in total. The monoisotopic (exact) mass is 386 g/mol. The van der Waals surface area contributed by atoms with Crippen LogP contribution in [-0.2, 0) is 17.6 Å². The van der Waals surface area contributed by atoms with Crippen molar-refractivity contribution in [3.63, 3.8) is 0 Å². The van der Waals surface area contributed by atoms with Gasteiger partial charge in [-0.05, 0) is 56.2 Å². The van der Waals surface area contributed by atoms with Crippen molar-refractivity contribution in [1.29, 1.82) is 0 Å². The van der Waals surface area contributed by atoms with Crippen molar-refractivity contribution in [2.75, 3.05) is 26.2 Å². The first-order valence-electron chi connectivity index (χ1n) is 10.8. The maximum atomic E-state index is 12.7. The first-order chi connectivity index (χ1) is 13.5. The van der Waals surface area contributed by atoms with E-state index in [1.54, 1.807) is 6.92 Å². The van der Waals surface area contributed by atoms with Crippen LogP contribution in [0.1, 0.15) is 67.4 Å². The average molecular weight is 387 g/mol. The first kappa shape index (κ1) is 21.0. The molecule has 0 aromatic heterocycles. The largest absolute Gasteiger partial charge is 0.392 e. The normalized spacial score (nSPS) is 21.2. The van der Waals surface area contributed by atoms with Crippen molar-refractivity contribution < 1.29 is 14.7 Å². The van der Waals surface area contributed by atoms with Crippen LogP contribution < -0.4 is 0 Å². The number of fused-ring (bicyclic) bond motifs is 1. The number of aliphatic hydroxyl groups is 1. The van der Waals surface area contributed by atoms with Crippen LogP contribution in [0.25, 0.3) is 0 Å². The van der Waals surface area contributed by atoms with E-state index in [0.717, 1.165) is 31.4 Å². The molecule has 1 heterocycles. The summed E-state index contributed by atoms with van der Waals surface area (Å²) in [5.41, 5.74) is 3.43. The van der Waals surface area contributed by atoms with E-state index in [0.29, 0.717) is 19.6 Å². The summed E-state index contributed by atoms with van der Waals surface area (Å²) in [6.45, 7) is 6.72. The Labute approximate surface area is 168 Å². The summed E-state index contributed by atoms with van der Waals surface area (Å²) < 4.78 is 0. The van der Waals surface area contributed by atoms with Gasteiger partial charge in [0, 0.05) is 50.6 Å². The van der Waals surface area contributed by atoms with Crippen LogP contribution in [0.15, 0.2) is 18.2 Å². The summed E-state index contributed by atoms with van der Waals surface area (Å²) in [7, 11) is 0. The lowest BCUT2D eigenvalue weighted by molar-refractivity contribution is -0.134. The molecule has 0 spiro atoms. The summed E-state index contributed by atoms with van der Waals surface area (Å²) in [5.74, 6) is 0.142. The van der Waals surface area contributed by atoms with Gasteiger partial charge in [0.2, 0.25) is 5.91 Å². The van der Waals surface area contributed by atoms with Gasteiger partial charge in [-0.25, -0.2) is 0 Å². The van der Waals surface area contributed by atoms with Crippen molar-refractivity contribution in [2.45, 2.75) is 70.9 Å². The molecule has 0 unspecified atom stereocenters. The highest BCUT2D eigenvalue weighted by Gasteiger charge is 2.29. The molecule has 3 rings (SSSR count). The number of hydrogen-bond acceptors (Lipinski definition) is 4. The number of rotatable bonds is 7. The van der Waals surface area contributed by atoms with Crippen molar-refractivity contribution in [2.24, 2.45) is 0 Å². The highest BCUT2D eigenvalue weighted by molar-refractivity contribution is 5.98. The number of hydrogen-bond donors (Lipinski definition) is 1. The van der Waals surface area contributed by atoms with Gasteiger partial charge in [0.1, 0.15) is 0 Å². The van der Waals surface area contributed by atoms with Crippen LogP contribution in [0.4, 0.5) is 0 Å². The van der Waals surface area contributed by atoms with Crippen LogP contribution in [0.3, 0.4) is 0 Å². The maximum Gasteiger partial charge on any atom is 0.223 e. The SMILES string of the molecule is CC[C@H]1CN(C(=O)CCC(=O)c2ccc3c(c2)CCCC3)CCN1C[C@@H](C)O. The van der Waals surface area contributed by atoms with E-state index in [-0.39, 0.29) is 36.7 Å². The predicted octanol–water partition coefficient (Wildman–Crippen LogP) is 2.83. The highest BCUT2D eigenvalue weighted by Crippen LogP contribution is 2.23. The van der Waals surface area contributed by atoms with E-state index < -0.39 is 0 Å². The Morgan fingerprint density at radius 2 is 1.89 bits per heavy atom. The molecule has 1 aliphatic heterocycles. The fourth-order valence-corrected chi connectivity index (χ4v) is 4.52. The van der Waals surface area contributed by atoms with Gasteiger partial charge in [-0.2, -0.15) is 0 Å². The number of aryl methyl sites for hydroxylation is 2. The van der Waals surface area contributed by atoms with Gasteiger partial charge in [0.15, 0.2) is 5.78 Å². The molecule has 2 atom stereocenters. The summed E-state index contributed by atoms with van der Waals surface area (Å²) in [5, 5.41) is 9.66. The molecule has 5 heteroatoms. The number of carbonyl (C=O) groups is 2. The fraction of sp³-hybridized carbons (Fsp3) is 0.652. The summed E-state index contributed by atoms with van der Waals surface area (Å²) in [6, 6.07) is 6.35. The van der Waals surface area contributed by atoms with Crippen LogP contribution in [0, 0.1) is 0 Å². The van der Waals surface area contributed by atoms with E-state index >= 15 is 0 Å². The minimum Gasteiger partial charge on any atom is -0.392 e. The average Bonchev–Trinajstić information content (AvgIpc) is 2.71. The van der Waals surface area contributed by atoms with E-state index in [2.05, 4.69) is 17.9 Å². The fourth-order valence-electron chi connectivity index (χ4n) is 4.52. The van der Waals surface area contributed by atoms with Gasteiger partial charge in [-0.3, -0.25) is 14.5 Å². The zero-order chi connectivity index (χ0) is 20.1. The lowest BCUT2D eigenvalue weighted by Gasteiger charge is -2.41. The molecule has 5 nitrogen and oxygen atoms in total. The van der Waals surface area contributed by atoms with Gasteiger partial charge in [-0.15, -0.1) is 0 Å². The number of benzene rings is 1. The van der Waals surface area contributed by atoms with Crippen LogP contribution in [0.2, 0.25) is 0 Å². The Morgan fingerprint density at radius 3 is 2.61 bits per heavy atom. The Bertz CT molecular complexity index is 701. The van der Waals surface area contributed by atoms with Crippen molar-refractivity contribution in [1.82, 2.24) is 9.80 Å². The van der Waals surface area contributed by atoms with Gasteiger partial charge in [-0.1, -0.05) is 19.1 Å². The Hall–Kier alpha value is -1.72. The van der Waals surface area contributed by atoms with Gasteiger partial charge >= 0.3 is 0 Å². The predicted molar refractivity (Wildman–Crippen MR) is 111 cm³/mol. The zero-order valence-corrected chi connectivity index (χ0v) is 17.3. The van der Waals surface area contributed by atoms with E-state index in [4.69, 9.17) is 0 Å². The Balaban J connectivity index is 1.52. The number of carbonyl (C=O) groups excluding carboxylic acids is 2. The molecule has 1 aromatic rings. The number of piperazine rings is 1. The number of aliphatic hydroxyl groups excluding tert-OH is 1. The van der Waals surface area contributed by atoms with Crippen molar-refractivity contribution in [3.8, 4) is 0 Å². The second-order valence-electron chi connectivity index (χ2n) is 8.36. The van der Waals surface area contributed by atoms with Crippen LogP contribution in [0.5, 0.6) is 0 Å². The molecule has 1 saturated heterocycles. The Kier molecular flexibility index (Phi) is 7.24. The highest BCUT2D eigenvalue weighted by atomic mass is 16.3. The smallest absolute Gasteiger partial charge is 0.223 e. The lowest BCUT2D eigenvalue weighted by atomic mass is 9.89. The van der Waals surface area contributed by atoms with Crippen molar-refractivity contribution >= 4 is 11.7 Å². The lowest BCUT2D eigenvalue weighted by Crippen LogP contribution is -2.55.